The lowest BCUT2D eigenvalue weighted by molar-refractivity contribution is 0.0773. The van der Waals surface area contributed by atoms with E-state index in [0.717, 1.165) is 48.6 Å². The molecule has 4 rings (SSSR count). The second-order valence-electron chi connectivity index (χ2n) is 8.89. The Bertz CT molecular complexity index is 1150. The standard InChI is InChI=1S/C27H32N4O3S/c1-3-31(4-2)25(32)20-9-11-21(12-10-20)27(22-7-5-8-23(17-22)29-26(33)34)13-6-15-30(19-27)18-24-28-14-16-35-24/h5,7-12,14,16-17,29H,3-4,6,13,15,18-19H2,1-2H3,(H,33,34). The van der Waals surface area contributed by atoms with Gasteiger partial charge in [0.1, 0.15) is 5.01 Å². The number of aromatic nitrogens is 1. The van der Waals surface area contributed by atoms with Crippen LogP contribution in [0.3, 0.4) is 0 Å². The van der Waals surface area contributed by atoms with Crippen molar-refractivity contribution in [3.8, 4) is 0 Å². The Morgan fingerprint density at radius 2 is 1.91 bits per heavy atom. The van der Waals surface area contributed by atoms with Gasteiger partial charge in [-0.1, -0.05) is 24.3 Å². The average molecular weight is 493 g/mol. The molecule has 1 saturated heterocycles. The van der Waals surface area contributed by atoms with Crippen LogP contribution in [0.15, 0.2) is 60.1 Å². The van der Waals surface area contributed by atoms with Crippen molar-refractivity contribution < 1.29 is 14.7 Å². The van der Waals surface area contributed by atoms with Crippen LogP contribution in [0.2, 0.25) is 0 Å². The molecule has 0 saturated carbocycles. The number of amides is 2. The summed E-state index contributed by atoms with van der Waals surface area (Å²) in [7, 11) is 0. The molecule has 0 spiro atoms. The predicted molar refractivity (Wildman–Crippen MR) is 139 cm³/mol. The molecule has 35 heavy (non-hydrogen) atoms. The first kappa shape index (κ1) is 24.9. The van der Waals surface area contributed by atoms with E-state index >= 15 is 0 Å². The van der Waals surface area contributed by atoms with E-state index in [0.29, 0.717) is 24.3 Å². The Labute approximate surface area is 210 Å². The summed E-state index contributed by atoms with van der Waals surface area (Å²) < 4.78 is 0. The van der Waals surface area contributed by atoms with E-state index in [-0.39, 0.29) is 11.3 Å². The number of hydrogen-bond donors (Lipinski definition) is 2. The van der Waals surface area contributed by atoms with Gasteiger partial charge in [-0.3, -0.25) is 15.0 Å². The van der Waals surface area contributed by atoms with E-state index < -0.39 is 6.09 Å². The molecule has 3 aromatic rings. The minimum absolute atomic E-state index is 0.0392. The van der Waals surface area contributed by atoms with Crippen molar-refractivity contribution in [2.24, 2.45) is 0 Å². The fourth-order valence-electron chi connectivity index (χ4n) is 5.08. The number of piperidine rings is 1. The number of rotatable bonds is 8. The number of nitrogens with one attached hydrogen (secondary N) is 1. The topological polar surface area (TPSA) is 85.8 Å². The van der Waals surface area contributed by atoms with Crippen molar-refractivity contribution in [3.05, 3.63) is 81.8 Å². The molecule has 184 valence electrons. The molecule has 1 unspecified atom stereocenters. The van der Waals surface area contributed by atoms with Gasteiger partial charge in [0.25, 0.3) is 5.91 Å². The molecule has 0 radical (unpaired) electrons. The Morgan fingerprint density at radius 3 is 2.57 bits per heavy atom. The molecule has 8 heteroatoms. The van der Waals surface area contributed by atoms with E-state index in [1.807, 2.05) is 54.6 Å². The quantitative estimate of drug-likeness (QED) is 0.446. The first-order chi connectivity index (χ1) is 16.9. The zero-order valence-electron chi connectivity index (χ0n) is 20.2. The molecule has 1 aliphatic heterocycles. The summed E-state index contributed by atoms with van der Waals surface area (Å²) in [6, 6.07) is 15.7. The van der Waals surface area contributed by atoms with Gasteiger partial charge in [-0.25, -0.2) is 9.78 Å². The number of carbonyl (C=O) groups excluding carboxylic acids is 1. The number of carboxylic acid groups (broad SMARTS) is 1. The molecule has 0 bridgehead atoms. The maximum absolute atomic E-state index is 12.9. The highest BCUT2D eigenvalue weighted by Gasteiger charge is 2.39. The maximum atomic E-state index is 12.9. The van der Waals surface area contributed by atoms with Gasteiger partial charge < -0.3 is 10.0 Å². The predicted octanol–water partition coefficient (Wildman–Crippen LogP) is 5.30. The highest BCUT2D eigenvalue weighted by Crippen LogP contribution is 2.41. The summed E-state index contributed by atoms with van der Waals surface area (Å²) in [6.07, 6.45) is 2.69. The Kier molecular flexibility index (Phi) is 7.83. The molecular weight excluding hydrogens is 460 g/mol. The molecule has 1 aliphatic rings. The molecular formula is C27H32N4O3S. The highest BCUT2D eigenvalue weighted by atomic mass is 32.1. The lowest BCUT2D eigenvalue weighted by Gasteiger charge is -2.44. The monoisotopic (exact) mass is 492 g/mol. The molecule has 2 heterocycles. The number of hydrogen-bond acceptors (Lipinski definition) is 5. The van der Waals surface area contributed by atoms with Gasteiger partial charge in [0, 0.05) is 47.9 Å². The fourth-order valence-corrected chi connectivity index (χ4v) is 5.74. The van der Waals surface area contributed by atoms with Crippen molar-refractivity contribution >= 4 is 29.0 Å². The van der Waals surface area contributed by atoms with Crippen LogP contribution >= 0.6 is 11.3 Å². The first-order valence-electron chi connectivity index (χ1n) is 12.1. The molecule has 1 aromatic heterocycles. The molecule has 2 amide bonds. The van der Waals surface area contributed by atoms with Gasteiger partial charge in [0.2, 0.25) is 0 Å². The summed E-state index contributed by atoms with van der Waals surface area (Å²) in [6.45, 7) is 7.88. The number of likely N-dealkylation sites (tertiary alicyclic amines) is 1. The van der Waals surface area contributed by atoms with Crippen molar-refractivity contribution in [1.29, 1.82) is 0 Å². The lowest BCUT2D eigenvalue weighted by atomic mass is 9.69. The SMILES string of the molecule is CCN(CC)C(=O)c1ccc(C2(c3cccc(NC(=O)O)c3)CCCN(Cc3nccs3)C2)cc1. The molecule has 2 aromatic carbocycles. The Morgan fingerprint density at radius 1 is 1.14 bits per heavy atom. The van der Waals surface area contributed by atoms with Crippen molar-refractivity contribution in [2.45, 2.75) is 38.6 Å². The Balaban J connectivity index is 1.72. The van der Waals surface area contributed by atoms with Crippen LogP contribution in [0.5, 0.6) is 0 Å². The zero-order valence-corrected chi connectivity index (χ0v) is 21.1. The van der Waals surface area contributed by atoms with Crippen molar-refractivity contribution in [3.63, 3.8) is 0 Å². The van der Waals surface area contributed by atoms with Crippen molar-refractivity contribution in [2.75, 3.05) is 31.5 Å². The van der Waals surface area contributed by atoms with Crippen LogP contribution in [0.4, 0.5) is 10.5 Å². The largest absolute Gasteiger partial charge is 0.465 e. The van der Waals surface area contributed by atoms with Crippen LogP contribution < -0.4 is 5.32 Å². The zero-order chi connectivity index (χ0) is 24.8. The van der Waals surface area contributed by atoms with Gasteiger partial charge in [0.05, 0.1) is 6.54 Å². The third kappa shape index (κ3) is 5.55. The summed E-state index contributed by atoms with van der Waals surface area (Å²) in [5, 5.41) is 14.8. The average Bonchev–Trinajstić information content (AvgIpc) is 3.38. The number of thiazole rings is 1. The number of nitrogens with zero attached hydrogens (tertiary/aromatic N) is 3. The molecule has 2 N–H and O–H groups in total. The van der Waals surface area contributed by atoms with Gasteiger partial charge in [0.15, 0.2) is 0 Å². The second kappa shape index (κ2) is 11.0. The molecule has 1 fully saturated rings. The highest BCUT2D eigenvalue weighted by molar-refractivity contribution is 7.09. The van der Waals surface area contributed by atoms with Gasteiger partial charge in [-0.05, 0) is 68.6 Å². The van der Waals surface area contributed by atoms with E-state index in [1.165, 1.54) is 0 Å². The van der Waals surface area contributed by atoms with E-state index in [2.05, 4.69) is 33.4 Å². The van der Waals surface area contributed by atoms with E-state index in [4.69, 9.17) is 0 Å². The smallest absolute Gasteiger partial charge is 0.409 e. The number of carbonyl (C=O) groups is 2. The van der Waals surface area contributed by atoms with Crippen molar-refractivity contribution in [1.82, 2.24) is 14.8 Å². The number of anilines is 1. The van der Waals surface area contributed by atoms with E-state index in [9.17, 15) is 14.7 Å². The van der Waals surface area contributed by atoms with Gasteiger partial charge in [-0.2, -0.15) is 0 Å². The summed E-state index contributed by atoms with van der Waals surface area (Å²) >= 11 is 1.66. The van der Waals surface area contributed by atoms with E-state index in [1.54, 1.807) is 17.4 Å². The molecule has 0 aliphatic carbocycles. The molecule has 7 nitrogen and oxygen atoms in total. The van der Waals surface area contributed by atoms with Crippen LogP contribution in [-0.2, 0) is 12.0 Å². The summed E-state index contributed by atoms with van der Waals surface area (Å²) in [5.74, 6) is 0.0392. The fraction of sp³-hybridized carbons (Fsp3) is 0.370. The minimum Gasteiger partial charge on any atom is -0.465 e. The first-order valence-corrected chi connectivity index (χ1v) is 12.9. The second-order valence-corrected chi connectivity index (χ2v) is 9.87. The number of benzene rings is 2. The van der Waals surface area contributed by atoms with Gasteiger partial charge in [-0.15, -0.1) is 11.3 Å². The van der Waals surface area contributed by atoms with Crippen LogP contribution in [0.1, 0.15) is 53.2 Å². The van der Waals surface area contributed by atoms with Crippen LogP contribution in [0.25, 0.3) is 0 Å². The van der Waals surface area contributed by atoms with Crippen LogP contribution in [0, 0.1) is 0 Å². The third-order valence-corrected chi connectivity index (χ3v) is 7.58. The summed E-state index contributed by atoms with van der Waals surface area (Å²) in [4.78, 5) is 32.9. The maximum Gasteiger partial charge on any atom is 0.409 e. The lowest BCUT2D eigenvalue weighted by Crippen LogP contribution is -2.46. The minimum atomic E-state index is -1.08. The Hall–Kier alpha value is -3.23. The third-order valence-electron chi connectivity index (χ3n) is 6.82. The molecule has 1 atom stereocenters. The normalized spacial score (nSPS) is 18.2. The van der Waals surface area contributed by atoms with Gasteiger partial charge >= 0.3 is 6.09 Å². The van der Waals surface area contributed by atoms with Crippen LogP contribution in [-0.4, -0.2) is 58.1 Å². The summed E-state index contributed by atoms with van der Waals surface area (Å²) in [5.41, 5.74) is 3.10.